The molecule has 1 heterocycles. The molecule has 1 aliphatic heterocycles. The van der Waals surface area contributed by atoms with Gasteiger partial charge in [0.15, 0.2) is 0 Å². The van der Waals surface area contributed by atoms with Crippen molar-refractivity contribution in [1.82, 2.24) is 20.3 Å². The average molecular weight is 569 g/mol. The Hall–Kier alpha value is -3.86. The molecule has 0 saturated heterocycles. The van der Waals surface area contributed by atoms with Gasteiger partial charge in [0, 0.05) is 18.9 Å². The van der Waals surface area contributed by atoms with E-state index in [1.807, 2.05) is 45.9 Å². The zero-order valence-corrected chi connectivity index (χ0v) is 24.0. The molecular weight excluding hydrogens is 532 g/mol. The highest BCUT2D eigenvalue weighted by atomic mass is 32.2. The van der Waals surface area contributed by atoms with Crippen molar-refractivity contribution < 1.29 is 27.5 Å². The van der Waals surface area contributed by atoms with Gasteiger partial charge in [-0.25, -0.2) is 13.2 Å². The molecule has 0 saturated carbocycles. The van der Waals surface area contributed by atoms with Gasteiger partial charge in [0.05, 0.1) is 17.4 Å². The quantitative estimate of drug-likeness (QED) is 0.468. The maximum atomic E-state index is 13.2. The number of carbonyl (C=O) groups excluding carboxylic acids is 3. The Morgan fingerprint density at radius 1 is 1.12 bits per heavy atom. The minimum atomic E-state index is -4.04. The third-order valence-corrected chi connectivity index (χ3v) is 8.53. The van der Waals surface area contributed by atoms with Gasteiger partial charge >= 0.3 is 6.09 Å². The number of aryl methyl sites for hydroxylation is 2. The summed E-state index contributed by atoms with van der Waals surface area (Å²) in [5.74, 6) is -1.03. The van der Waals surface area contributed by atoms with Crippen molar-refractivity contribution in [1.29, 1.82) is 0 Å². The summed E-state index contributed by atoms with van der Waals surface area (Å²) in [4.78, 5) is 37.8. The second-order valence-electron chi connectivity index (χ2n) is 11.1. The number of fused-ring (bicyclic) bond motifs is 1. The van der Waals surface area contributed by atoms with E-state index in [1.165, 1.54) is 24.5 Å². The number of rotatable bonds is 7. The Bertz CT molecular complexity index is 1410. The predicted octanol–water partition coefficient (Wildman–Crippen LogP) is 3.56. The monoisotopic (exact) mass is 568 g/mol. The summed E-state index contributed by atoms with van der Waals surface area (Å²) in [6.45, 7) is 7.52. The van der Waals surface area contributed by atoms with E-state index < -0.39 is 39.6 Å². The third-order valence-electron chi connectivity index (χ3n) is 6.73. The minimum absolute atomic E-state index is 0.0383. The molecule has 2 aromatic rings. The Morgan fingerprint density at radius 3 is 2.55 bits per heavy atom. The Labute approximate surface area is 235 Å². The maximum absolute atomic E-state index is 13.2. The molecule has 10 nitrogen and oxygen atoms in total. The van der Waals surface area contributed by atoms with Crippen LogP contribution in [0.15, 0.2) is 59.8 Å². The zero-order chi connectivity index (χ0) is 29.1. The van der Waals surface area contributed by atoms with E-state index in [0.717, 1.165) is 45.8 Å². The van der Waals surface area contributed by atoms with Gasteiger partial charge in [-0.2, -0.15) is 0 Å². The molecule has 3 N–H and O–H groups in total. The first kappa shape index (κ1) is 29.1. The first-order valence-corrected chi connectivity index (χ1v) is 14.7. The molecule has 0 radical (unpaired) electrons. The van der Waals surface area contributed by atoms with Gasteiger partial charge in [-0.1, -0.05) is 35.9 Å². The molecule has 4 rings (SSSR count). The van der Waals surface area contributed by atoms with Crippen molar-refractivity contribution in [2.75, 3.05) is 0 Å². The van der Waals surface area contributed by atoms with Crippen LogP contribution in [0.3, 0.4) is 0 Å². The lowest BCUT2D eigenvalue weighted by molar-refractivity contribution is -0.129. The van der Waals surface area contributed by atoms with Crippen LogP contribution in [0.25, 0.3) is 0 Å². The fourth-order valence-electron chi connectivity index (χ4n) is 4.80. The van der Waals surface area contributed by atoms with Crippen LogP contribution < -0.4 is 16.0 Å². The fraction of sp³-hybridized carbons (Fsp3) is 0.414. The Balaban J connectivity index is 1.40. The topological polar surface area (TPSA) is 134 Å². The molecule has 3 amide bonds. The number of alkyl carbamates (subject to hydrolysis) is 1. The highest BCUT2D eigenvalue weighted by Crippen LogP contribution is 2.31. The van der Waals surface area contributed by atoms with Crippen LogP contribution in [0.4, 0.5) is 4.79 Å². The van der Waals surface area contributed by atoms with Gasteiger partial charge in [0.2, 0.25) is 11.8 Å². The summed E-state index contributed by atoms with van der Waals surface area (Å²) in [7, 11) is -4.04. The lowest BCUT2D eigenvalue weighted by atomic mass is 9.86. The Morgan fingerprint density at radius 2 is 1.85 bits per heavy atom. The van der Waals surface area contributed by atoms with E-state index in [-0.39, 0.29) is 23.9 Å². The smallest absolute Gasteiger partial charge is 0.408 e. The number of carbonyl (C=O) groups is 3. The van der Waals surface area contributed by atoms with Crippen molar-refractivity contribution in [3.8, 4) is 0 Å². The lowest BCUT2D eigenvalue weighted by Crippen LogP contribution is -2.51. The lowest BCUT2D eigenvalue weighted by Gasteiger charge is -2.31. The fourth-order valence-corrected chi connectivity index (χ4v) is 6.25. The van der Waals surface area contributed by atoms with Crippen molar-refractivity contribution in [3.05, 3.63) is 77.1 Å². The molecule has 214 valence electrons. The second kappa shape index (κ2) is 11.7. The molecule has 2 aromatic carbocycles. The SMILES string of the molecule is Cc1ccc(S(=O)(=O)N2C=CNC(=O)[C@H]2CC(=O)NCc2ccc3c(c2)CCC[C@H]3NC(=O)OC(C)(C)C)cc1. The second-order valence-corrected chi connectivity index (χ2v) is 12.9. The molecule has 40 heavy (non-hydrogen) atoms. The normalized spacial score (nSPS) is 18.9. The molecule has 1 aliphatic carbocycles. The molecule has 0 bridgehead atoms. The van der Waals surface area contributed by atoms with Crippen LogP contribution >= 0.6 is 0 Å². The summed E-state index contributed by atoms with van der Waals surface area (Å²) in [5, 5.41) is 8.25. The summed E-state index contributed by atoms with van der Waals surface area (Å²) >= 11 is 0. The standard InChI is InChI=1S/C29H36N4O6S/c1-19-8-11-22(12-9-19)40(37,38)33-15-14-30-27(35)25(33)17-26(34)31-18-20-10-13-23-21(16-20)6-5-7-24(23)32-28(36)39-29(2,3)4/h8-16,24-25H,5-7,17-18H2,1-4H3,(H,30,35)(H,31,34)(H,32,36)/t24-,25-/m1/s1. The highest BCUT2D eigenvalue weighted by Gasteiger charge is 2.37. The molecule has 0 aromatic heterocycles. The summed E-state index contributed by atoms with van der Waals surface area (Å²) in [5.41, 5.74) is 3.29. The molecule has 0 unspecified atom stereocenters. The minimum Gasteiger partial charge on any atom is -0.444 e. The molecule has 2 atom stereocenters. The molecule has 0 spiro atoms. The molecule has 11 heteroatoms. The van der Waals surface area contributed by atoms with Crippen molar-refractivity contribution in [3.63, 3.8) is 0 Å². The first-order valence-electron chi connectivity index (χ1n) is 13.3. The first-order chi connectivity index (χ1) is 18.8. The summed E-state index contributed by atoms with van der Waals surface area (Å²) in [6.07, 6.45) is 4.28. The van der Waals surface area contributed by atoms with E-state index in [1.54, 1.807) is 12.1 Å². The average Bonchev–Trinajstić information content (AvgIpc) is 2.87. The van der Waals surface area contributed by atoms with Crippen LogP contribution in [-0.4, -0.2) is 42.3 Å². The van der Waals surface area contributed by atoms with Gasteiger partial charge in [0.25, 0.3) is 10.0 Å². The summed E-state index contributed by atoms with van der Waals surface area (Å²) < 4.78 is 32.8. The van der Waals surface area contributed by atoms with Crippen molar-refractivity contribution >= 4 is 27.9 Å². The number of amides is 3. The van der Waals surface area contributed by atoms with Crippen LogP contribution in [0.2, 0.25) is 0 Å². The van der Waals surface area contributed by atoms with Gasteiger partial charge in [0.1, 0.15) is 11.6 Å². The number of hydrogen-bond acceptors (Lipinski definition) is 6. The zero-order valence-electron chi connectivity index (χ0n) is 23.2. The third kappa shape index (κ3) is 7.01. The van der Waals surface area contributed by atoms with E-state index in [4.69, 9.17) is 4.74 Å². The number of hydrogen-bond donors (Lipinski definition) is 3. The van der Waals surface area contributed by atoms with Crippen LogP contribution in [0.5, 0.6) is 0 Å². The van der Waals surface area contributed by atoms with Crippen molar-refractivity contribution in [2.24, 2.45) is 0 Å². The largest absolute Gasteiger partial charge is 0.444 e. The number of nitrogens with zero attached hydrogens (tertiary/aromatic N) is 1. The van der Waals surface area contributed by atoms with Gasteiger partial charge in [-0.3, -0.25) is 13.9 Å². The number of benzene rings is 2. The molecule has 2 aliphatic rings. The molecular formula is C29H36N4O6S. The summed E-state index contributed by atoms with van der Waals surface area (Å²) in [6, 6.07) is 10.8. The van der Waals surface area contributed by atoms with Crippen LogP contribution in [-0.2, 0) is 37.3 Å². The van der Waals surface area contributed by atoms with Gasteiger partial charge < -0.3 is 20.7 Å². The van der Waals surface area contributed by atoms with Gasteiger partial charge in [-0.15, -0.1) is 0 Å². The number of nitrogens with one attached hydrogen (secondary N) is 3. The van der Waals surface area contributed by atoms with Gasteiger partial charge in [-0.05, 0) is 75.8 Å². The van der Waals surface area contributed by atoms with E-state index in [2.05, 4.69) is 16.0 Å². The van der Waals surface area contributed by atoms with E-state index >= 15 is 0 Å². The predicted molar refractivity (Wildman–Crippen MR) is 149 cm³/mol. The highest BCUT2D eigenvalue weighted by molar-refractivity contribution is 7.89. The molecule has 0 fully saturated rings. The Kier molecular flexibility index (Phi) is 8.53. The van der Waals surface area contributed by atoms with Crippen molar-refractivity contribution in [2.45, 2.75) is 82.5 Å². The number of sulfonamides is 1. The van der Waals surface area contributed by atoms with Crippen LogP contribution in [0.1, 0.15) is 68.3 Å². The number of ether oxygens (including phenoxy) is 1. The van der Waals surface area contributed by atoms with Crippen LogP contribution in [0, 0.1) is 6.92 Å². The maximum Gasteiger partial charge on any atom is 0.408 e. The van der Waals surface area contributed by atoms with E-state index in [0.29, 0.717) is 0 Å². The van der Waals surface area contributed by atoms with E-state index in [9.17, 15) is 22.8 Å².